The van der Waals surface area contributed by atoms with Gasteiger partial charge in [0.05, 0.1) is 5.56 Å². The van der Waals surface area contributed by atoms with Gasteiger partial charge in [0.15, 0.2) is 0 Å². The normalized spacial score (nSPS) is 15.2. The molecular weight excluding hydrogens is 409 g/mol. The number of hydrogen-bond acceptors (Lipinski definition) is 4. The van der Waals surface area contributed by atoms with Crippen LogP contribution in [-0.4, -0.2) is 36.3 Å². The Bertz CT molecular complexity index is 636. The molecule has 1 unspecified atom stereocenters. The van der Waals surface area contributed by atoms with Crippen LogP contribution < -0.4 is 4.74 Å². The van der Waals surface area contributed by atoms with Gasteiger partial charge in [0.25, 0.3) is 0 Å². The minimum atomic E-state index is -4.39. The fourth-order valence-electron chi connectivity index (χ4n) is 2.92. The molecule has 1 fully saturated rings. The van der Waals surface area contributed by atoms with Gasteiger partial charge in [-0.15, -0.1) is 0 Å². The second kappa shape index (κ2) is 17.5. The van der Waals surface area contributed by atoms with Crippen LogP contribution in [0.4, 0.5) is 13.2 Å². The number of unbranched alkanes of at least 4 members (excludes halogenated alkanes) is 2. The highest BCUT2D eigenvalue weighted by Crippen LogP contribution is 2.31. The Hall–Kier alpha value is -2.12. The van der Waals surface area contributed by atoms with Crippen LogP contribution in [0, 0.1) is 5.92 Å². The van der Waals surface area contributed by atoms with E-state index in [1.807, 2.05) is 19.1 Å². The quantitative estimate of drug-likeness (QED) is 0.290. The summed E-state index contributed by atoms with van der Waals surface area (Å²) in [7, 11) is 1.00. The lowest BCUT2D eigenvalue weighted by atomic mass is 10.1. The summed E-state index contributed by atoms with van der Waals surface area (Å²) >= 11 is 0. The number of hydrogen-bond donors (Lipinski definition) is 2. The Morgan fingerprint density at radius 2 is 1.87 bits per heavy atom. The maximum absolute atomic E-state index is 12.5. The molecule has 0 aliphatic heterocycles. The number of alkyl halides is 3. The molecule has 1 aliphatic carbocycles. The summed E-state index contributed by atoms with van der Waals surface area (Å²) in [5, 5.41) is 16.8. The Kier molecular flexibility index (Phi) is 16.3. The monoisotopic (exact) mass is 444 g/mol. The summed E-state index contributed by atoms with van der Waals surface area (Å²) in [6.45, 7) is 1.94. The average Bonchev–Trinajstić information content (AvgIpc) is 3.29. The predicted octanol–water partition coefficient (Wildman–Crippen LogP) is 5.73. The summed E-state index contributed by atoms with van der Waals surface area (Å²) in [5.41, 5.74) is -0.754. The lowest BCUT2D eigenvalue weighted by molar-refractivity contribution is -0.137. The highest BCUT2D eigenvalue weighted by Gasteiger charge is 2.30. The molecule has 1 aliphatic rings. The summed E-state index contributed by atoms with van der Waals surface area (Å²) in [4.78, 5) is 9.74. The van der Waals surface area contributed by atoms with E-state index in [1.54, 1.807) is 6.08 Å². The van der Waals surface area contributed by atoms with Gasteiger partial charge in [0, 0.05) is 13.5 Å². The van der Waals surface area contributed by atoms with Crippen molar-refractivity contribution in [1.82, 2.24) is 0 Å². The summed E-state index contributed by atoms with van der Waals surface area (Å²) in [6.07, 6.45) is 10.9. The molecule has 1 aromatic rings. The first-order valence-electron chi connectivity index (χ1n) is 10.5. The number of aliphatic hydroxyl groups is 2. The topological polar surface area (TPSA) is 66.8 Å². The Balaban J connectivity index is 0.000000762. The predicted molar refractivity (Wildman–Crippen MR) is 117 cm³/mol. The molecule has 0 saturated heterocycles. The molecule has 0 heterocycles. The largest absolute Gasteiger partial charge is 0.491 e. The van der Waals surface area contributed by atoms with Crippen LogP contribution >= 0.6 is 0 Å². The Morgan fingerprint density at radius 3 is 2.45 bits per heavy atom. The fourth-order valence-corrected chi connectivity index (χ4v) is 2.92. The lowest BCUT2D eigenvalue weighted by Gasteiger charge is -2.12. The van der Waals surface area contributed by atoms with Crippen LogP contribution in [0.2, 0.25) is 0 Å². The van der Waals surface area contributed by atoms with Crippen molar-refractivity contribution in [1.29, 1.82) is 0 Å². The van der Waals surface area contributed by atoms with Gasteiger partial charge in [-0.25, -0.2) is 0 Å². The molecule has 0 amide bonds. The van der Waals surface area contributed by atoms with E-state index in [9.17, 15) is 23.1 Å². The van der Waals surface area contributed by atoms with Gasteiger partial charge >= 0.3 is 6.18 Å². The first kappa shape index (κ1) is 28.9. The smallest absolute Gasteiger partial charge is 0.416 e. The number of carbonyl (C=O) groups is 1. The van der Waals surface area contributed by atoms with E-state index in [1.165, 1.54) is 25.0 Å². The maximum Gasteiger partial charge on any atom is 0.416 e. The zero-order valence-electron chi connectivity index (χ0n) is 18.4. The Labute approximate surface area is 183 Å². The number of rotatable bonds is 9. The molecule has 2 N–H and O–H groups in total. The summed E-state index contributed by atoms with van der Waals surface area (Å²) in [5.74, 6) is 0.617. The van der Waals surface area contributed by atoms with E-state index in [4.69, 9.17) is 9.84 Å². The second-order valence-corrected chi connectivity index (χ2v) is 7.00. The Morgan fingerprint density at radius 1 is 1.19 bits per heavy atom. The maximum atomic E-state index is 12.5. The number of carbonyl (C=O) groups excluding carboxylic acids is 1. The molecule has 7 heteroatoms. The van der Waals surface area contributed by atoms with E-state index in [0.29, 0.717) is 12.3 Å². The number of halogens is 3. The fraction of sp³-hybridized carbons (Fsp3) is 0.542. The van der Waals surface area contributed by atoms with Crippen molar-refractivity contribution in [2.45, 2.75) is 64.1 Å². The van der Waals surface area contributed by atoms with Crippen LogP contribution in [0.5, 0.6) is 5.75 Å². The van der Waals surface area contributed by atoms with Crippen molar-refractivity contribution < 1.29 is 32.9 Å². The zero-order valence-corrected chi connectivity index (χ0v) is 18.4. The molecule has 1 saturated carbocycles. The summed E-state index contributed by atoms with van der Waals surface area (Å²) in [6, 6.07) is 4.66. The van der Waals surface area contributed by atoms with E-state index in [0.717, 1.165) is 51.2 Å². The molecule has 1 aromatic carbocycles. The number of aldehydes is 1. The third-order valence-electron chi connectivity index (χ3n) is 4.52. The molecule has 0 spiro atoms. The zero-order chi connectivity index (χ0) is 23.5. The van der Waals surface area contributed by atoms with Crippen LogP contribution in [-0.2, 0) is 11.0 Å². The lowest BCUT2D eigenvalue weighted by Crippen LogP contribution is -2.15. The molecule has 176 valence electrons. The number of allylic oxidation sites excluding steroid dienone is 3. The molecule has 31 heavy (non-hydrogen) atoms. The number of aliphatic hydroxyl groups excluding tert-OH is 2. The van der Waals surface area contributed by atoms with Crippen molar-refractivity contribution in [2.75, 3.05) is 13.7 Å². The molecule has 0 aromatic heterocycles. The van der Waals surface area contributed by atoms with Gasteiger partial charge in [-0.2, -0.15) is 13.2 Å². The van der Waals surface area contributed by atoms with Crippen LogP contribution in [0.3, 0.4) is 0 Å². The van der Waals surface area contributed by atoms with Crippen molar-refractivity contribution >= 4 is 6.29 Å². The molecule has 1 atom stereocenters. The highest BCUT2D eigenvalue weighted by atomic mass is 19.4. The van der Waals surface area contributed by atoms with Crippen molar-refractivity contribution in [3.8, 4) is 5.75 Å². The molecule has 0 bridgehead atoms. The van der Waals surface area contributed by atoms with Crippen LogP contribution in [0.1, 0.15) is 57.4 Å². The van der Waals surface area contributed by atoms with E-state index >= 15 is 0 Å². The number of benzene rings is 1. The van der Waals surface area contributed by atoms with Gasteiger partial charge in [-0.3, -0.25) is 0 Å². The first-order chi connectivity index (χ1) is 14.9. The van der Waals surface area contributed by atoms with Gasteiger partial charge in [-0.1, -0.05) is 43.2 Å². The molecule has 4 nitrogen and oxygen atoms in total. The minimum Gasteiger partial charge on any atom is -0.491 e. The first-order valence-corrected chi connectivity index (χ1v) is 10.5. The van der Waals surface area contributed by atoms with Gasteiger partial charge in [-0.05, 0) is 56.7 Å². The standard InChI is InChI=1S/C16H19F3O2.C7H12O.CH4O/c17-16(18,19)13-6-3-7-15(10-13)21-11-14(20)9-8-12-4-1-2-5-12;1-2-3-4-5-6-7-8;1-2/h3,6-10,12,14,20H,1-2,4-5,11H2;2-3,7H,4-6H2,1H3;2H,1H3/b9-8+;3-2-;. The van der Waals surface area contributed by atoms with Gasteiger partial charge in [0.2, 0.25) is 0 Å². The van der Waals surface area contributed by atoms with Crippen LogP contribution in [0.25, 0.3) is 0 Å². The van der Waals surface area contributed by atoms with Gasteiger partial charge < -0.3 is 19.7 Å². The second-order valence-electron chi connectivity index (χ2n) is 7.00. The third kappa shape index (κ3) is 14.5. The molecular formula is C24H35F3O4. The van der Waals surface area contributed by atoms with Crippen molar-refractivity contribution in [3.63, 3.8) is 0 Å². The van der Waals surface area contributed by atoms with E-state index < -0.39 is 17.8 Å². The molecule has 2 rings (SSSR count). The highest BCUT2D eigenvalue weighted by molar-refractivity contribution is 5.49. The van der Waals surface area contributed by atoms with E-state index in [2.05, 4.69) is 6.08 Å². The van der Waals surface area contributed by atoms with Gasteiger partial charge in [0.1, 0.15) is 24.7 Å². The molecule has 0 radical (unpaired) electrons. The number of ether oxygens (including phenoxy) is 1. The van der Waals surface area contributed by atoms with Crippen molar-refractivity contribution in [3.05, 3.63) is 54.1 Å². The van der Waals surface area contributed by atoms with Crippen molar-refractivity contribution in [2.24, 2.45) is 5.92 Å². The van der Waals surface area contributed by atoms with Crippen LogP contribution in [0.15, 0.2) is 48.6 Å². The van der Waals surface area contributed by atoms with E-state index in [-0.39, 0.29) is 12.4 Å². The summed E-state index contributed by atoms with van der Waals surface area (Å²) < 4.78 is 42.8. The average molecular weight is 445 g/mol. The SMILES string of the molecule is C/C=C\CCCC=O.CO.OC(/C=C/C1CCCC1)COc1cccc(C(F)(F)F)c1. The minimum absolute atomic E-state index is 0.0511. The third-order valence-corrected chi connectivity index (χ3v) is 4.52.